The number of hydrogen-bond acceptors (Lipinski definition) is 5. The molecule has 1 aromatic carbocycles. The molecule has 0 saturated heterocycles. The van der Waals surface area contributed by atoms with Gasteiger partial charge in [-0.15, -0.1) is 10.2 Å². The minimum Gasteiger partial charge on any atom is -0.451 e. The maximum atomic E-state index is 12.0. The Kier molecular flexibility index (Phi) is 3.90. The van der Waals surface area contributed by atoms with Crippen molar-refractivity contribution in [3.05, 3.63) is 35.2 Å². The number of carbonyl (C=O) groups excluding carboxylic acids is 1. The molecule has 6 heteroatoms. The van der Waals surface area contributed by atoms with E-state index in [9.17, 15) is 4.79 Å². The van der Waals surface area contributed by atoms with E-state index in [0.717, 1.165) is 28.5 Å². The lowest BCUT2D eigenvalue weighted by atomic mass is 10.1. The Morgan fingerprint density at radius 3 is 2.78 bits per heavy atom. The first-order valence-electron chi connectivity index (χ1n) is 7.64. The fourth-order valence-corrected chi connectivity index (χ4v) is 2.33. The number of hydrogen-bond donors (Lipinski definition) is 1. The van der Waals surface area contributed by atoms with Crippen molar-refractivity contribution in [2.75, 3.05) is 0 Å². The quantitative estimate of drug-likeness (QED) is 0.795. The smallest absolute Gasteiger partial charge is 0.309 e. The van der Waals surface area contributed by atoms with Gasteiger partial charge in [-0.25, -0.2) is 0 Å². The third kappa shape index (κ3) is 2.84. The van der Waals surface area contributed by atoms with Gasteiger partial charge < -0.3 is 14.2 Å². The molecule has 3 rings (SSSR count). The Morgan fingerprint density at radius 2 is 2.04 bits per heavy atom. The number of aryl methyl sites for hydroxylation is 2. The molecule has 3 aromatic rings. The number of amides is 1. The minimum absolute atomic E-state index is 0.0498. The fourth-order valence-electron chi connectivity index (χ4n) is 2.33. The molecule has 0 radical (unpaired) electrons. The molecule has 0 aliphatic heterocycles. The van der Waals surface area contributed by atoms with Gasteiger partial charge in [-0.2, -0.15) is 0 Å². The van der Waals surface area contributed by atoms with Gasteiger partial charge in [-0.1, -0.05) is 18.6 Å². The summed E-state index contributed by atoms with van der Waals surface area (Å²) in [7, 11) is 0. The van der Waals surface area contributed by atoms with Crippen molar-refractivity contribution in [3.63, 3.8) is 0 Å². The SMILES string of the molecule is CC[C@@H](C)NC(=O)c1nnc(-c2oc3ccc(C)cc3c2C)o1. The highest BCUT2D eigenvalue weighted by atomic mass is 16.4. The number of carbonyl (C=O) groups is 1. The Balaban J connectivity index is 1.94. The Morgan fingerprint density at radius 1 is 1.26 bits per heavy atom. The number of nitrogens with one attached hydrogen (secondary N) is 1. The lowest BCUT2D eigenvalue weighted by Crippen LogP contribution is -2.32. The zero-order chi connectivity index (χ0) is 16.6. The second kappa shape index (κ2) is 5.87. The molecule has 0 spiro atoms. The van der Waals surface area contributed by atoms with E-state index in [2.05, 4.69) is 15.5 Å². The predicted molar refractivity (Wildman–Crippen MR) is 86.2 cm³/mol. The van der Waals surface area contributed by atoms with Crippen LogP contribution in [-0.2, 0) is 0 Å². The van der Waals surface area contributed by atoms with E-state index in [1.54, 1.807) is 0 Å². The van der Waals surface area contributed by atoms with Crippen molar-refractivity contribution < 1.29 is 13.6 Å². The molecular formula is C17H19N3O3. The highest BCUT2D eigenvalue weighted by Gasteiger charge is 2.21. The van der Waals surface area contributed by atoms with Gasteiger partial charge in [0.2, 0.25) is 0 Å². The minimum atomic E-state index is -0.372. The summed E-state index contributed by atoms with van der Waals surface area (Å²) in [6, 6.07) is 5.99. The van der Waals surface area contributed by atoms with E-state index in [1.807, 2.05) is 45.9 Å². The first kappa shape index (κ1) is 15.3. The van der Waals surface area contributed by atoms with Crippen LogP contribution in [0.15, 0.2) is 27.0 Å². The highest BCUT2D eigenvalue weighted by Crippen LogP contribution is 2.32. The van der Waals surface area contributed by atoms with Crippen LogP contribution < -0.4 is 5.32 Å². The highest BCUT2D eigenvalue weighted by molar-refractivity contribution is 5.90. The van der Waals surface area contributed by atoms with Gasteiger partial charge in [0.1, 0.15) is 5.58 Å². The third-order valence-corrected chi connectivity index (χ3v) is 3.90. The van der Waals surface area contributed by atoms with Crippen LogP contribution in [0, 0.1) is 13.8 Å². The van der Waals surface area contributed by atoms with Crippen molar-refractivity contribution in [1.82, 2.24) is 15.5 Å². The average Bonchev–Trinajstić information content (AvgIpc) is 3.13. The summed E-state index contributed by atoms with van der Waals surface area (Å²) in [5.41, 5.74) is 2.82. The van der Waals surface area contributed by atoms with Crippen LogP contribution in [0.3, 0.4) is 0 Å². The molecule has 0 aliphatic rings. The number of nitrogens with zero attached hydrogens (tertiary/aromatic N) is 2. The van der Waals surface area contributed by atoms with Crippen molar-refractivity contribution in [2.45, 2.75) is 40.2 Å². The van der Waals surface area contributed by atoms with E-state index in [4.69, 9.17) is 8.83 Å². The van der Waals surface area contributed by atoms with Gasteiger partial charge in [0.05, 0.1) is 0 Å². The summed E-state index contributed by atoms with van der Waals surface area (Å²) in [6.45, 7) is 7.87. The largest absolute Gasteiger partial charge is 0.451 e. The van der Waals surface area contributed by atoms with Crippen molar-refractivity contribution >= 4 is 16.9 Å². The summed E-state index contributed by atoms with van der Waals surface area (Å²) in [5.74, 6) is 0.283. The summed E-state index contributed by atoms with van der Waals surface area (Å²) < 4.78 is 11.3. The first-order chi connectivity index (χ1) is 11.0. The first-order valence-corrected chi connectivity index (χ1v) is 7.64. The molecule has 1 atom stereocenters. The van der Waals surface area contributed by atoms with Crippen LogP contribution in [0.5, 0.6) is 0 Å². The topological polar surface area (TPSA) is 81.2 Å². The molecule has 2 aromatic heterocycles. The predicted octanol–water partition coefficient (Wildman–Crippen LogP) is 3.63. The average molecular weight is 313 g/mol. The molecule has 1 N–H and O–H groups in total. The molecule has 23 heavy (non-hydrogen) atoms. The van der Waals surface area contributed by atoms with E-state index in [-0.39, 0.29) is 23.7 Å². The lowest BCUT2D eigenvalue weighted by Gasteiger charge is -2.08. The van der Waals surface area contributed by atoms with E-state index >= 15 is 0 Å². The molecular weight excluding hydrogens is 294 g/mol. The Hall–Kier alpha value is -2.63. The van der Waals surface area contributed by atoms with Crippen LogP contribution in [0.1, 0.15) is 42.1 Å². The molecule has 2 heterocycles. The molecule has 6 nitrogen and oxygen atoms in total. The van der Waals surface area contributed by atoms with Crippen molar-refractivity contribution in [3.8, 4) is 11.7 Å². The molecule has 0 aliphatic carbocycles. The monoisotopic (exact) mass is 313 g/mol. The maximum absolute atomic E-state index is 12.0. The second-order valence-electron chi connectivity index (χ2n) is 5.75. The van der Waals surface area contributed by atoms with Crippen LogP contribution in [0.2, 0.25) is 0 Å². The molecule has 0 bridgehead atoms. The van der Waals surface area contributed by atoms with Crippen LogP contribution in [0.4, 0.5) is 0 Å². The maximum Gasteiger partial charge on any atom is 0.309 e. The molecule has 0 fully saturated rings. The van der Waals surface area contributed by atoms with Crippen LogP contribution in [-0.4, -0.2) is 22.1 Å². The summed E-state index contributed by atoms with van der Waals surface area (Å²) in [4.78, 5) is 12.0. The third-order valence-electron chi connectivity index (χ3n) is 3.90. The van der Waals surface area contributed by atoms with Crippen molar-refractivity contribution in [1.29, 1.82) is 0 Å². The lowest BCUT2D eigenvalue weighted by molar-refractivity contribution is 0.0904. The standard InChI is InChI=1S/C17H19N3O3/c1-5-10(3)18-15(21)17-20-19-16(23-17)14-11(4)12-8-9(2)6-7-13(12)22-14/h6-8,10H,5H2,1-4H3,(H,18,21)/t10-/m1/s1. The van der Waals surface area contributed by atoms with Gasteiger partial charge in [0.25, 0.3) is 5.89 Å². The number of benzene rings is 1. The Labute approximate surface area is 133 Å². The van der Waals surface area contributed by atoms with Gasteiger partial charge in [-0.05, 0) is 39.3 Å². The number of fused-ring (bicyclic) bond motifs is 1. The fraction of sp³-hybridized carbons (Fsp3) is 0.353. The van der Waals surface area contributed by atoms with Crippen molar-refractivity contribution in [2.24, 2.45) is 0 Å². The molecule has 1 amide bonds. The van der Waals surface area contributed by atoms with E-state index in [0.29, 0.717) is 5.76 Å². The van der Waals surface area contributed by atoms with E-state index in [1.165, 1.54) is 0 Å². The zero-order valence-electron chi connectivity index (χ0n) is 13.6. The number of aromatic nitrogens is 2. The van der Waals surface area contributed by atoms with Gasteiger partial charge in [0, 0.05) is 17.0 Å². The summed E-state index contributed by atoms with van der Waals surface area (Å²) in [6.07, 6.45) is 0.828. The van der Waals surface area contributed by atoms with Crippen LogP contribution in [0.25, 0.3) is 22.6 Å². The van der Waals surface area contributed by atoms with Gasteiger partial charge >= 0.3 is 11.8 Å². The molecule has 120 valence electrons. The molecule has 0 saturated carbocycles. The van der Waals surface area contributed by atoms with E-state index < -0.39 is 0 Å². The normalized spacial score (nSPS) is 12.5. The number of furan rings is 1. The molecule has 0 unspecified atom stereocenters. The second-order valence-corrected chi connectivity index (χ2v) is 5.75. The zero-order valence-corrected chi connectivity index (χ0v) is 13.6. The van der Waals surface area contributed by atoms with Crippen LogP contribution >= 0.6 is 0 Å². The van der Waals surface area contributed by atoms with Gasteiger partial charge in [0.15, 0.2) is 5.76 Å². The summed E-state index contributed by atoms with van der Waals surface area (Å²) in [5, 5.41) is 11.6. The van der Waals surface area contributed by atoms with Gasteiger partial charge in [-0.3, -0.25) is 4.79 Å². The Bertz CT molecular complexity index is 863. The summed E-state index contributed by atoms with van der Waals surface area (Å²) >= 11 is 0. The number of rotatable bonds is 4.